The first-order chi connectivity index (χ1) is 10.2. The van der Waals surface area contributed by atoms with Crippen LogP contribution in [-0.2, 0) is 20.7 Å². The third-order valence-electron chi connectivity index (χ3n) is 4.48. The van der Waals surface area contributed by atoms with Crippen molar-refractivity contribution in [2.75, 3.05) is 13.1 Å². The molecular formula is C17H21NO3. The van der Waals surface area contributed by atoms with Gasteiger partial charge < -0.3 is 9.64 Å². The van der Waals surface area contributed by atoms with Crippen LogP contribution in [0.25, 0.3) is 0 Å². The quantitative estimate of drug-likeness (QED) is 0.802. The van der Waals surface area contributed by atoms with E-state index in [1.54, 1.807) is 0 Å². The van der Waals surface area contributed by atoms with Crippen molar-refractivity contribution in [1.29, 1.82) is 0 Å². The summed E-state index contributed by atoms with van der Waals surface area (Å²) in [4.78, 5) is 25.6. The second-order valence-corrected chi connectivity index (χ2v) is 6.06. The highest BCUT2D eigenvalue weighted by molar-refractivity contribution is 5.77. The number of carbonyl (C=O) groups excluding carboxylic acids is 2. The summed E-state index contributed by atoms with van der Waals surface area (Å²) in [5.74, 6) is 0.0504. The van der Waals surface area contributed by atoms with Crippen LogP contribution in [0.1, 0.15) is 37.7 Å². The highest BCUT2D eigenvalue weighted by Gasteiger charge is 2.44. The fourth-order valence-electron chi connectivity index (χ4n) is 3.33. The average molecular weight is 287 g/mol. The lowest BCUT2D eigenvalue weighted by Crippen LogP contribution is -2.50. The topological polar surface area (TPSA) is 46.6 Å². The maximum absolute atomic E-state index is 12.4. The molecular weight excluding hydrogens is 266 g/mol. The summed E-state index contributed by atoms with van der Waals surface area (Å²) >= 11 is 0. The van der Waals surface area contributed by atoms with Crippen molar-refractivity contribution in [2.24, 2.45) is 0 Å². The molecule has 2 aliphatic heterocycles. The molecule has 0 radical (unpaired) electrons. The Morgan fingerprint density at radius 2 is 2.05 bits per heavy atom. The van der Waals surface area contributed by atoms with Crippen molar-refractivity contribution >= 4 is 11.9 Å². The van der Waals surface area contributed by atoms with Gasteiger partial charge in [-0.1, -0.05) is 30.3 Å². The zero-order valence-electron chi connectivity index (χ0n) is 12.2. The van der Waals surface area contributed by atoms with E-state index in [4.69, 9.17) is 4.74 Å². The average Bonchev–Trinajstić information content (AvgIpc) is 2.86. The molecule has 0 bridgehead atoms. The van der Waals surface area contributed by atoms with E-state index >= 15 is 0 Å². The first-order valence-electron chi connectivity index (χ1n) is 7.70. The van der Waals surface area contributed by atoms with E-state index in [9.17, 15) is 9.59 Å². The molecule has 2 heterocycles. The number of piperidine rings is 1. The third-order valence-corrected chi connectivity index (χ3v) is 4.48. The number of aryl methyl sites for hydroxylation is 1. The molecule has 1 spiro atoms. The lowest BCUT2D eigenvalue weighted by molar-refractivity contribution is -0.156. The number of ether oxygens (including phenoxy) is 1. The van der Waals surface area contributed by atoms with E-state index in [-0.39, 0.29) is 11.9 Å². The molecule has 2 aliphatic rings. The molecule has 0 aromatic heterocycles. The third kappa shape index (κ3) is 3.26. The lowest BCUT2D eigenvalue weighted by Gasteiger charge is -2.39. The van der Waals surface area contributed by atoms with Crippen LogP contribution in [0.2, 0.25) is 0 Å². The van der Waals surface area contributed by atoms with Crippen molar-refractivity contribution in [1.82, 2.24) is 4.90 Å². The monoisotopic (exact) mass is 287 g/mol. The number of amides is 1. The summed E-state index contributed by atoms with van der Waals surface area (Å²) in [5.41, 5.74) is 0.794. The van der Waals surface area contributed by atoms with Crippen molar-refractivity contribution in [3.63, 3.8) is 0 Å². The van der Waals surface area contributed by atoms with Gasteiger partial charge in [-0.05, 0) is 31.2 Å². The standard InChI is InChI=1S/C17H21NO3/c19-15(8-7-14-5-2-1-3-6-14)18-12-4-10-17(13-18)11-9-16(20)21-17/h1-3,5-6H,4,7-13H2/t17-/m0/s1. The van der Waals surface area contributed by atoms with E-state index in [1.807, 2.05) is 35.2 Å². The van der Waals surface area contributed by atoms with Gasteiger partial charge >= 0.3 is 5.97 Å². The molecule has 1 amide bonds. The van der Waals surface area contributed by atoms with Gasteiger partial charge in [0.15, 0.2) is 0 Å². The zero-order valence-corrected chi connectivity index (χ0v) is 12.2. The second kappa shape index (κ2) is 5.88. The van der Waals surface area contributed by atoms with E-state index < -0.39 is 5.60 Å². The number of esters is 1. The van der Waals surface area contributed by atoms with Gasteiger partial charge in [-0.25, -0.2) is 0 Å². The number of carbonyl (C=O) groups is 2. The Bertz CT molecular complexity index is 528. The van der Waals surface area contributed by atoms with Crippen LogP contribution in [0.3, 0.4) is 0 Å². The van der Waals surface area contributed by atoms with Crippen molar-refractivity contribution < 1.29 is 14.3 Å². The Kier molecular flexibility index (Phi) is 3.95. The maximum Gasteiger partial charge on any atom is 0.306 e. The molecule has 0 aliphatic carbocycles. The van der Waals surface area contributed by atoms with Crippen LogP contribution in [0.15, 0.2) is 30.3 Å². The minimum atomic E-state index is -0.391. The Hall–Kier alpha value is -1.84. The number of likely N-dealkylation sites (tertiary alicyclic amines) is 1. The first-order valence-corrected chi connectivity index (χ1v) is 7.70. The normalized spacial score (nSPS) is 25.1. The molecule has 2 saturated heterocycles. The van der Waals surface area contributed by atoms with Gasteiger partial charge in [0.25, 0.3) is 0 Å². The molecule has 1 aromatic carbocycles. The molecule has 2 fully saturated rings. The van der Waals surface area contributed by atoms with E-state index in [0.29, 0.717) is 19.4 Å². The molecule has 1 atom stereocenters. The van der Waals surface area contributed by atoms with Crippen molar-refractivity contribution in [3.8, 4) is 0 Å². The molecule has 4 heteroatoms. The van der Waals surface area contributed by atoms with Gasteiger partial charge in [0.1, 0.15) is 5.60 Å². The summed E-state index contributed by atoms with van der Waals surface area (Å²) in [6, 6.07) is 10.1. The summed E-state index contributed by atoms with van der Waals surface area (Å²) in [6.45, 7) is 1.36. The number of benzene rings is 1. The van der Waals surface area contributed by atoms with Crippen LogP contribution < -0.4 is 0 Å². The van der Waals surface area contributed by atoms with Gasteiger partial charge in [-0.15, -0.1) is 0 Å². The Balaban J connectivity index is 1.56. The van der Waals surface area contributed by atoms with E-state index in [0.717, 1.165) is 32.2 Å². The number of hydrogen-bond acceptors (Lipinski definition) is 3. The highest BCUT2D eigenvalue weighted by Crippen LogP contribution is 2.35. The minimum absolute atomic E-state index is 0.117. The minimum Gasteiger partial charge on any atom is -0.457 e. The zero-order chi connectivity index (χ0) is 14.7. The number of nitrogens with zero attached hydrogens (tertiary/aromatic N) is 1. The summed E-state index contributed by atoms with van der Waals surface area (Å²) < 4.78 is 5.50. The largest absolute Gasteiger partial charge is 0.457 e. The smallest absolute Gasteiger partial charge is 0.306 e. The number of hydrogen-bond donors (Lipinski definition) is 0. The molecule has 21 heavy (non-hydrogen) atoms. The molecule has 4 nitrogen and oxygen atoms in total. The molecule has 3 rings (SSSR count). The second-order valence-electron chi connectivity index (χ2n) is 6.06. The Morgan fingerprint density at radius 1 is 1.24 bits per heavy atom. The lowest BCUT2D eigenvalue weighted by atomic mass is 9.90. The molecule has 0 N–H and O–H groups in total. The predicted molar refractivity (Wildman–Crippen MR) is 78.6 cm³/mol. The van der Waals surface area contributed by atoms with E-state index in [1.165, 1.54) is 5.56 Å². The van der Waals surface area contributed by atoms with Gasteiger partial charge in [-0.3, -0.25) is 9.59 Å². The first kappa shape index (κ1) is 14.1. The van der Waals surface area contributed by atoms with E-state index in [2.05, 4.69) is 0 Å². The molecule has 1 aromatic rings. The van der Waals surface area contributed by atoms with Crippen molar-refractivity contribution in [2.45, 2.75) is 44.1 Å². The van der Waals surface area contributed by atoms with Gasteiger partial charge in [0.05, 0.1) is 6.54 Å². The highest BCUT2D eigenvalue weighted by atomic mass is 16.6. The SMILES string of the molecule is O=C1CC[C@]2(CCCN(C(=O)CCc3ccccc3)C2)O1. The number of rotatable bonds is 3. The van der Waals surface area contributed by atoms with Crippen LogP contribution in [-0.4, -0.2) is 35.5 Å². The fourth-order valence-corrected chi connectivity index (χ4v) is 3.33. The fraction of sp³-hybridized carbons (Fsp3) is 0.529. The summed E-state index contributed by atoms with van der Waals surface area (Å²) in [6.07, 6.45) is 4.35. The van der Waals surface area contributed by atoms with Crippen molar-refractivity contribution in [3.05, 3.63) is 35.9 Å². The van der Waals surface area contributed by atoms with Gasteiger partial charge in [0.2, 0.25) is 5.91 Å². The molecule has 0 unspecified atom stereocenters. The predicted octanol–water partition coefficient (Wildman–Crippen LogP) is 2.32. The Morgan fingerprint density at radius 3 is 2.76 bits per heavy atom. The Labute approximate surface area is 125 Å². The van der Waals surface area contributed by atoms with Crippen LogP contribution in [0.4, 0.5) is 0 Å². The van der Waals surface area contributed by atoms with Crippen LogP contribution in [0.5, 0.6) is 0 Å². The molecule has 0 saturated carbocycles. The molecule has 112 valence electrons. The maximum atomic E-state index is 12.4. The van der Waals surface area contributed by atoms with Crippen LogP contribution >= 0.6 is 0 Å². The van der Waals surface area contributed by atoms with Gasteiger partial charge in [-0.2, -0.15) is 0 Å². The van der Waals surface area contributed by atoms with Gasteiger partial charge in [0, 0.05) is 19.4 Å². The van der Waals surface area contributed by atoms with Crippen LogP contribution in [0, 0.1) is 0 Å². The summed E-state index contributed by atoms with van der Waals surface area (Å²) in [7, 11) is 0. The summed E-state index contributed by atoms with van der Waals surface area (Å²) in [5, 5.41) is 0.